The zero-order valence-electron chi connectivity index (χ0n) is 12.0. The number of hydrogen-bond acceptors (Lipinski definition) is 5. The second-order valence-corrected chi connectivity index (χ2v) is 6.00. The van der Waals surface area contributed by atoms with E-state index in [4.69, 9.17) is 40.5 Å². The summed E-state index contributed by atoms with van der Waals surface area (Å²) in [4.78, 5) is 15.6. The van der Waals surface area contributed by atoms with E-state index < -0.39 is 5.97 Å². The van der Waals surface area contributed by atoms with Gasteiger partial charge < -0.3 is 15.8 Å². The summed E-state index contributed by atoms with van der Waals surface area (Å²) in [5.74, 6) is -0.658. The number of allylic oxidation sites excluding steroid dienone is 4. The van der Waals surface area contributed by atoms with Gasteiger partial charge >= 0.3 is 5.97 Å². The van der Waals surface area contributed by atoms with E-state index in [1.807, 2.05) is 0 Å². The summed E-state index contributed by atoms with van der Waals surface area (Å²) in [5.41, 5.74) is 6.57. The van der Waals surface area contributed by atoms with Gasteiger partial charge in [-0.1, -0.05) is 53.5 Å². The van der Waals surface area contributed by atoms with Gasteiger partial charge in [0.15, 0.2) is 10.8 Å². The van der Waals surface area contributed by atoms with Crippen molar-refractivity contribution in [3.05, 3.63) is 55.9 Å². The van der Waals surface area contributed by atoms with Gasteiger partial charge in [-0.15, -0.1) is 0 Å². The minimum absolute atomic E-state index is 0.00963. The Bertz CT molecular complexity index is 690. The van der Waals surface area contributed by atoms with E-state index in [9.17, 15) is 4.79 Å². The van der Waals surface area contributed by atoms with Crippen LogP contribution in [0.5, 0.6) is 0 Å². The molecule has 23 heavy (non-hydrogen) atoms. The molecule has 0 aliphatic heterocycles. The van der Waals surface area contributed by atoms with E-state index in [0.29, 0.717) is 20.9 Å². The van der Waals surface area contributed by atoms with E-state index in [-0.39, 0.29) is 22.4 Å². The number of halogens is 4. The molecule has 1 aromatic heterocycles. The Morgan fingerprint density at radius 3 is 2.74 bits per heavy atom. The van der Waals surface area contributed by atoms with Crippen LogP contribution in [-0.2, 0) is 4.74 Å². The van der Waals surface area contributed by atoms with Gasteiger partial charge in [0.25, 0.3) is 0 Å². The fourth-order valence-electron chi connectivity index (χ4n) is 1.43. The van der Waals surface area contributed by atoms with Gasteiger partial charge in [-0.2, -0.15) is 0 Å². The molecule has 0 radical (unpaired) electrons. The standard InChI is InChI=1S/C14H13BrCl3N3O2/c1-3-4-5-7(16)8(19)6-20-11-9(15)12(14(22)23-2)21-13(18)10(11)17/h3-5H,1,6,19H2,2H3,(H,20,21)/b5-4-,8-7+. The Morgan fingerprint density at radius 1 is 1.52 bits per heavy atom. The molecular formula is C14H13BrCl3N3O2. The number of methoxy groups -OCH3 is 1. The van der Waals surface area contributed by atoms with Crippen LogP contribution in [-0.4, -0.2) is 24.6 Å². The molecule has 5 nitrogen and oxygen atoms in total. The highest BCUT2D eigenvalue weighted by Gasteiger charge is 2.21. The van der Waals surface area contributed by atoms with Crippen LogP contribution < -0.4 is 11.1 Å². The summed E-state index contributed by atoms with van der Waals surface area (Å²) >= 11 is 21.3. The molecule has 1 aromatic rings. The average Bonchev–Trinajstić information content (AvgIpc) is 2.54. The quantitative estimate of drug-likeness (QED) is 0.386. The summed E-state index contributed by atoms with van der Waals surface area (Å²) < 4.78 is 4.95. The third-order valence-electron chi connectivity index (χ3n) is 2.56. The summed E-state index contributed by atoms with van der Waals surface area (Å²) in [7, 11) is 1.23. The first kappa shape index (κ1) is 19.8. The molecule has 1 rings (SSSR count). The third-order valence-corrected chi connectivity index (χ3v) is 4.44. The van der Waals surface area contributed by atoms with E-state index in [0.717, 1.165) is 0 Å². The summed E-state index contributed by atoms with van der Waals surface area (Å²) in [6.07, 6.45) is 4.82. The Kier molecular flexibility index (Phi) is 7.91. The molecule has 0 saturated heterocycles. The van der Waals surface area contributed by atoms with Gasteiger partial charge in [-0.05, 0) is 22.0 Å². The summed E-state index contributed by atoms with van der Waals surface area (Å²) in [6, 6.07) is 0. The number of aromatic nitrogens is 1. The molecule has 0 fully saturated rings. The van der Waals surface area contributed by atoms with Crippen molar-refractivity contribution in [1.29, 1.82) is 0 Å². The van der Waals surface area contributed by atoms with E-state index in [1.54, 1.807) is 18.2 Å². The monoisotopic (exact) mass is 439 g/mol. The zero-order chi connectivity index (χ0) is 17.6. The maximum Gasteiger partial charge on any atom is 0.357 e. The van der Waals surface area contributed by atoms with Crippen molar-refractivity contribution in [2.24, 2.45) is 5.73 Å². The Morgan fingerprint density at radius 2 is 2.17 bits per heavy atom. The fourth-order valence-corrected chi connectivity index (χ4v) is 2.65. The van der Waals surface area contributed by atoms with Crippen molar-refractivity contribution in [3.8, 4) is 0 Å². The first-order valence-electron chi connectivity index (χ1n) is 6.13. The van der Waals surface area contributed by atoms with Crippen LogP contribution in [0.2, 0.25) is 10.2 Å². The molecular weight excluding hydrogens is 428 g/mol. The van der Waals surface area contributed by atoms with Crippen LogP contribution in [0.25, 0.3) is 0 Å². The highest BCUT2D eigenvalue weighted by Crippen LogP contribution is 2.37. The predicted octanol–water partition coefficient (Wildman–Crippen LogP) is 4.50. The second kappa shape index (κ2) is 9.17. The van der Waals surface area contributed by atoms with Gasteiger partial charge in [0.05, 0.1) is 28.8 Å². The van der Waals surface area contributed by atoms with Crippen LogP contribution in [0.15, 0.2) is 40.0 Å². The average molecular weight is 442 g/mol. The molecule has 3 N–H and O–H groups in total. The summed E-state index contributed by atoms with van der Waals surface area (Å²) in [6.45, 7) is 3.71. The number of carbonyl (C=O) groups is 1. The number of rotatable bonds is 6. The molecule has 0 bridgehead atoms. The Hall–Kier alpha value is -1.21. The highest BCUT2D eigenvalue weighted by atomic mass is 79.9. The number of hydrogen-bond donors (Lipinski definition) is 2. The number of carbonyl (C=O) groups excluding carboxylic acids is 1. The van der Waals surface area contributed by atoms with Gasteiger partial charge in [0, 0.05) is 5.70 Å². The van der Waals surface area contributed by atoms with Crippen molar-refractivity contribution >= 4 is 62.4 Å². The molecule has 0 amide bonds. The Labute approximate surface area is 157 Å². The molecule has 1 heterocycles. The lowest BCUT2D eigenvalue weighted by molar-refractivity contribution is 0.0593. The SMILES string of the molecule is C=C/C=C\C(Cl)=C(/N)CNc1c(Cl)c(Cl)nc(C(=O)OC)c1Br. The number of esters is 1. The first-order chi connectivity index (χ1) is 10.8. The molecule has 0 saturated carbocycles. The number of ether oxygens (including phenoxy) is 1. The van der Waals surface area contributed by atoms with E-state index >= 15 is 0 Å². The smallest absolute Gasteiger partial charge is 0.357 e. The third kappa shape index (κ3) is 5.14. The number of nitrogens with two attached hydrogens (primary N) is 1. The number of anilines is 1. The summed E-state index contributed by atoms with van der Waals surface area (Å²) in [5, 5.41) is 3.40. The maximum atomic E-state index is 11.7. The molecule has 0 aliphatic carbocycles. The van der Waals surface area contributed by atoms with Crippen molar-refractivity contribution in [3.63, 3.8) is 0 Å². The molecule has 9 heteroatoms. The van der Waals surface area contributed by atoms with Gasteiger partial charge in [0.1, 0.15) is 5.02 Å². The lowest BCUT2D eigenvalue weighted by Gasteiger charge is -2.14. The van der Waals surface area contributed by atoms with Crippen molar-refractivity contribution in [1.82, 2.24) is 4.98 Å². The normalized spacial score (nSPS) is 12.0. The van der Waals surface area contributed by atoms with Gasteiger partial charge in [-0.3, -0.25) is 0 Å². The molecule has 0 unspecified atom stereocenters. The minimum Gasteiger partial charge on any atom is -0.464 e. The van der Waals surface area contributed by atoms with E-state index in [1.165, 1.54) is 7.11 Å². The first-order valence-corrected chi connectivity index (χ1v) is 8.06. The van der Waals surface area contributed by atoms with Crippen LogP contribution in [0, 0.1) is 0 Å². The Balaban J connectivity index is 3.14. The van der Waals surface area contributed by atoms with Crippen molar-refractivity contribution in [2.75, 3.05) is 19.0 Å². The van der Waals surface area contributed by atoms with Gasteiger partial charge in [0.2, 0.25) is 0 Å². The fraction of sp³-hybridized carbons (Fsp3) is 0.143. The van der Waals surface area contributed by atoms with Crippen molar-refractivity contribution in [2.45, 2.75) is 0 Å². The highest BCUT2D eigenvalue weighted by molar-refractivity contribution is 9.10. The molecule has 0 atom stereocenters. The molecule has 0 spiro atoms. The topological polar surface area (TPSA) is 77.2 Å². The molecule has 0 aliphatic rings. The van der Waals surface area contributed by atoms with E-state index in [2.05, 4.69) is 37.5 Å². The van der Waals surface area contributed by atoms with Crippen LogP contribution in [0.1, 0.15) is 10.5 Å². The largest absolute Gasteiger partial charge is 0.464 e. The van der Waals surface area contributed by atoms with Crippen LogP contribution in [0.4, 0.5) is 5.69 Å². The van der Waals surface area contributed by atoms with Crippen molar-refractivity contribution < 1.29 is 9.53 Å². The lowest BCUT2D eigenvalue weighted by atomic mass is 10.3. The minimum atomic E-state index is -0.658. The van der Waals surface area contributed by atoms with Crippen LogP contribution >= 0.6 is 50.7 Å². The molecule has 124 valence electrons. The number of nitrogens with zero attached hydrogens (tertiary/aromatic N) is 1. The van der Waals surface area contributed by atoms with Crippen LogP contribution in [0.3, 0.4) is 0 Å². The molecule has 0 aromatic carbocycles. The predicted molar refractivity (Wildman–Crippen MR) is 98.2 cm³/mol. The zero-order valence-corrected chi connectivity index (χ0v) is 15.9. The lowest BCUT2D eigenvalue weighted by Crippen LogP contribution is -2.15. The van der Waals surface area contributed by atoms with Gasteiger partial charge in [-0.25, -0.2) is 9.78 Å². The number of pyridine rings is 1. The number of nitrogens with one attached hydrogen (secondary N) is 1. The second-order valence-electron chi connectivity index (χ2n) is 4.07. The maximum absolute atomic E-state index is 11.7.